The SMILES string of the molecule is O=C(O)C1CCN(c2cc(F)ccc2CN2CC3(CCN(C(=O)OC(C(F)(F)F)C(F)(F)F)CC3)C2)CC1. The Labute approximate surface area is 214 Å². The van der Waals surface area contributed by atoms with Gasteiger partial charge in [0.05, 0.1) is 5.92 Å². The quantitative estimate of drug-likeness (QED) is 0.534. The Morgan fingerprint density at radius 1 is 1.00 bits per heavy atom. The molecule has 14 heteroatoms. The van der Waals surface area contributed by atoms with Crippen molar-refractivity contribution in [2.24, 2.45) is 11.3 Å². The molecular formula is C24H28F7N3O4. The van der Waals surface area contributed by atoms with E-state index in [1.165, 1.54) is 12.1 Å². The van der Waals surface area contributed by atoms with Gasteiger partial charge in [-0.3, -0.25) is 9.69 Å². The van der Waals surface area contributed by atoms with Gasteiger partial charge in [-0.1, -0.05) is 6.07 Å². The van der Waals surface area contributed by atoms with Crippen LogP contribution in [0.5, 0.6) is 0 Å². The van der Waals surface area contributed by atoms with Crippen molar-refractivity contribution in [3.8, 4) is 0 Å². The van der Waals surface area contributed by atoms with Crippen LogP contribution in [0.4, 0.5) is 41.2 Å². The van der Waals surface area contributed by atoms with Crippen LogP contribution in [0, 0.1) is 17.2 Å². The van der Waals surface area contributed by atoms with Crippen LogP contribution in [0.3, 0.4) is 0 Å². The van der Waals surface area contributed by atoms with Crippen molar-refractivity contribution in [3.63, 3.8) is 0 Å². The van der Waals surface area contributed by atoms with Gasteiger partial charge in [0, 0.05) is 51.5 Å². The average Bonchev–Trinajstić information content (AvgIpc) is 2.81. The number of alkyl halides is 6. The minimum Gasteiger partial charge on any atom is -0.481 e. The van der Waals surface area contributed by atoms with Crippen molar-refractivity contribution < 1.29 is 50.2 Å². The minimum absolute atomic E-state index is 0.0184. The van der Waals surface area contributed by atoms with E-state index in [1.54, 1.807) is 6.07 Å². The summed E-state index contributed by atoms with van der Waals surface area (Å²) in [4.78, 5) is 28.2. The third kappa shape index (κ3) is 6.26. The summed E-state index contributed by atoms with van der Waals surface area (Å²) in [7, 11) is 0. The van der Waals surface area contributed by atoms with Crippen molar-refractivity contribution in [2.45, 2.75) is 50.7 Å². The molecule has 1 aromatic rings. The summed E-state index contributed by atoms with van der Waals surface area (Å²) < 4.78 is 94.0. The lowest BCUT2D eigenvalue weighted by atomic mass is 9.72. The number of aliphatic carboxylic acids is 1. The number of halogens is 7. The fourth-order valence-electron chi connectivity index (χ4n) is 5.56. The predicted molar refractivity (Wildman–Crippen MR) is 120 cm³/mol. The van der Waals surface area contributed by atoms with Gasteiger partial charge in [0.25, 0.3) is 6.10 Å². The van der Waals surface area contributed by atoms with Gasteiger partial charge in [0.15, 0.2) is 0 Å². The molecule has 3 fully saturated rings. The molecule has 7 nitrogen and oxygen atoms in total. The molecule has 0 aliphatic carbocycles. The highest BCUT2D eigenvalue weighted by atomic mass is 19.4. The van der Waals surface area contributed by atoms with Crippen molar-refractivity contribution in [1.82, 2.24) is 9.80 Å². The average molecular weight is 555 g/mol. The van der Waals surface area contributed by atoms with Crippen LogP contribution in [0.2, 0.25) is 0 Å². The number of likely N-dealkylation sites (tertiary alicyclic amines) is 2. The molecule has 3 saturated heterocycles. The van der Waals surface area contributed by atoms with Crippen LogP contribution < -0.4 is 4.90 Å². The maximum atomic E-state index is 14.0. The number of carboxylic acids is 1. The summed E-state index contributed by atoms with van der Waals surface area (Å²) in [5.41, 5.74) is 1.36. The van der Waals surface area contributed by atoms with E-state index in [4.69, 9.17) is 0 Å². The second-order valence-electron chi connectivity index (χ2n) is 10.4. The second kappa shape index (κ2) is 10.4. The number of piperidine rings is 2. The topological polar surface area (TPSA) is 73.3 Å². The molecule has 3 aliphatic heterocycles. The number of rotatable bonds is 5. The number of nitrogens with zero attached hydrogens (tertiary/aromatic N) is 3. The number of amides is 1. The molecule has 0 radical (unpaired) electrons. The van der Waals surface area contributed by atoms with E-state index in [-0.39, 0.29) is 18.5 Å². The molecule has 3 aliphatic rings. The maximum absolute atomic E-state index is 14.0. The summed E-state index contributed by atoms with van der Waals surface area (Å²) in [5.74, 6) is -1.66. The van der Waals surface area contributed by atoms with Crippen molar-refractivity contribution in [2.75, 3.05) is 44.2 Å². The molecule has 0 aromatic heterocycles. The zero-order valence-electron chi connectivity index (χ0n) is 20.3. The van der Waals surface area contributed by atoms with Crippen LogP contribution in [0.15, 0.2) is 18.2 Å². The van der Waals surface area contributed by atoms with Crippen LogP contribution >= 0.6 is 0 Å². The minimum atomic E-state index is -5.76. The first-order valence-corrected chi connectivity index (χ1v) is 12.2. The molecule has 0 unspecified atom stereocenters. The van der Waals surface area contributed by atoms with Gasteiger partial charge >= 0.3 is 24.4 Å². The zero-order chi connectivity index (χ0) is 27.9. The molecular weight excluding hydrogens is 527 g/mol. The Balaban J connectivity index is 1.30. The first kappa shape index (κ1) is 28.2. The highest BCUT2D eigenvalue weighted by molar-refractivity contribution is 5.70. The molecule has 212 valence electrons. The number of ether oxygens (including phenoxy) is 1. The molecule has 3 heterocycles. The second-order valence-corrected chi connectivity index (χ2v) is 10.4. The van der Waals surface area contributed by atoms with Gasteiger partial charge in [-0.25, -0.2) is 9.18 Å². The molecule has 4 rings (SSSR count). The number of carboxylic acid groups (broad SMARTS) is 1. The van der Waals surface area contributed by atoms with Crippen LogP contribution in [0.1, 0.15) is 31.2 Å². The first-order chi connectivity index (χ1) is 17.7. The summed E-state index contributed by atoms with van der Waals surface area (Å²) in [6.07, 6.45) is -15.6. The van der Waals surface area contributed by atoms with Gasteiger partial charge in [0.2, 0.25) is 0 Å². The van der Waals surface area contributed by atoms with Gasteiger partial charge in [0.1, 0.15) is 5.82 Å². The Bertz CT molecular complexity index is 1010. The van der Waals surface area contributed by atoms with Crippen LogP contribution in [-0.4, -0.2) is 84.7 Å². The van der Waals surface area contributed by atoms with Crippen molar-refractivity contribution >= 4 is 17.7 Å². The summed E-state index contributed by atoms with van der Waals surface area (Å²) in [6, 6.07) is 4.48. The number of anilines is 1. The summed E-state index contributed by atoms with van der Waals surface area (Å²) in [6.45, 7) is 2.67. The molecule has 0 bridgehead atoms. The third-order valence-electron chi connectivity index (χ3n) is 7.64. The van der Waals surface area contributed by atoms with E-state index >= 15 is 0 Å². The van der Waals surface area contributed by atoms with Crippen molar-refractivity contribution in [1.29, 1.82) is 0 Å². The number of carbonyl (C=O) groups excluding carboxylic acids is 1. The lowest BCUT2D eigenvalue weighted by Crippen LogP contribution is -2.60. The zero-order valence-corrected chi connectivity index (χ0v) is 20.3. The van der Waals surface area contributed by atoms with Gasteiger partial charge in [-0.2, -0.15) is 26.3 Å². The van der Waals surface area contributed by atoms with Crippen LogP contribution in [-0.2, 0) is 16.1 Å². The van der Waals surface area contributed by atoms with Crippen molar-refractivity contribution in [3.05, 3.63) is 29.6 Å². The van der Waals surface area contributed by atoms with Gasteiger partial charge < -0.3 is 19.6 Å². The molecule has 0 saturated carbocycles. The van der Waals surface area contributed by atoms with E-state index in [0.717, 1.165) is 10.5 Å². The smallest absolute Gasteiger partial charge is 0.434 e. The molecule has 1 spiro atoms. The summed E-state index contributed by atoms with van der Waals surface area (Å²) >= 11 is 0. The highest BCUT2D eigenvalue weighted by Crippen LogP contribution is 2.43. The maximum Gasteiger partial charge on any atom is 0.434 e. The number of carbonyl (C=O) groups is 2. The normalized spacial score (nSPS) is 21.1. The number of benzene rings is 1. The molecule has 1 aromatic carbocycles. The van der Waals surface area contributed by atoms with E-state index in [1.807, 2.05) is 4.90 Å². The fourth-order valence-corrected chi connectivity index (χ4v) is 5.56. The standard InChI is InChI=1S/C24H28F7N3O4/c25-17-2-1-16(18(11-17)33-7-3-15(4-8-33)19(35)36)12-32-13-22(14-32)5-9-34(10-6-22)21(37)38-20(23(26,27)28)24(29,30)31/h1-2,11,15,20H,3-10,12-14H2,(H,35,36). The van der Waals surface area contributed by atoms with E-state index in [9.17, 15) is 45.4 Å². The lowest BCUT2D eigenvalue weighted by Gasteiger charge is -2.54. The molecule has 38 heavy (non-hydrogen) atoms. The highest BCUT2D eigenvalue weighted by Gasteiger charge is 2.60. The molecule has 1 amide bonds. The Morgan fingerprint density at radius 3 is 2.11 bits per heavy atom. The number of hydrogen-bond acceptors (Lipinski definition) is 5. The Hall–Kier alpha value is -2.77. The van der Waals surface area contributed by atoms with Crippen LogP contribution in [0.25, 0.3) is 0 Å². The summed E-state index contributed by atoms with van der Waals surface area (Å²) in [5, 5.41) is 9.22. The first-order valence-electron chi connectivity index (χ1n) is 12.2. The Kier molecular flexibility index (Phi) is 7.74. The van der Waals surface area contributed by atoms with E-state index < -0.39 is 42.3 Å². The monoisotopic (exact) mass is 555 g/mol. The Morgan fingerprint density at radius 2 is 1.58 bits per heavy atom. The van der Waals surface area contributed by atoms with Gasteiger partial charge in [-0.15, -0.1) is 0 Å². The largest absolute Gasteiger partial charge is 0.481 e. The molecule has 1 N–H and O–H groups in total. The van der Waals surface area contributed by atoms with E-state index in [2.05, 4.69) is 9.64 Å². The molecule has 0 atom stereocenters. The predicted octanol–water partition coefficient (Wildman–Crippen LogP) is 4.65. The third-order valence-corrected chi connectivity index (χ3v) is 7.64. The van der Waals surface area contributed by atoms with E-state index in [0.29, 0.717) is 64.1 Å². The van der Waals surface area contributed by atoms with Gasteiger partial charge in [-0.05, 0) is 48.8 Å². The fraction of sp³-hybridized carbons (Fsp3) is 0.667. The number of hydrogen-bond donors (Lipinski definition) is 1. The lowest BCUT2D eigenvalue weighted by molar-refractivity contribution is -0.308.